The van der Waals surface area contributed by atoms with Crippen molar-refractivity contribution in [2.75, 3.05) is 20.3 Å². The Hall–Kier alpha value is -3.98. The number of para-hydroxylation sites is 1. The average Bonchev–Trinajstić information content (AvgIpc) is 3.46. The molecule has 1 fully saturated rings. The lowest BCUT2D eigenvalue weighted by Gasteiger charge is -2.20. The lowest BCUT2D eigenvalue weighted by molar-refractivity contribution is -0.121. The summed E-state index contributed by atoms with van der Waals surface area (Å²) in [6.07, 6.45) is 0.0619. The predicted molar refractivity (Wildman–Crippen MR) is 120 cm³/mol. The van der Waals surface area contributed by atoms with Gasteiger partial charge in [0.15, 0.2) is 5.58 Å². The van der Waals surface area contributed by atoms with E-state index < -0.39 is 12.1 Å². The molecule has 2 aromatic heterocycles. The van der Waals surface area contributed by atoms with Gasteiger partial charge in [0.2, 0.25) is 5.91 Å². The van der Waals surface area contributed by atoms with E-state index in [2.05, 4.69) is 15.6 Å². The van der Waals surface area contributed by atoms with Crippen molar-refractivity contribution in [2.45, 2.75) is 18.5 Å². The van der Waals surface area contributed by atoms with Crippen molar-refractivity contribution in [3.8, 4) is 17.0 Å². The molecule has 4 aromatic rings. The maximum Gasteiger partial charge on any atom is 0.267 e. The molecule has 3 heterocycles. The molecular formula is C24H22N4O5. The topological polar surface area (TPSA) is 108 Å². The first-order valence-corrected chi connectivity index (χ1v) is 10.6. The minimum atomic E-state index is -0.430. The average molecular weight is 446 g/mol. The minimum absolute atomic E-state index is 0.0619. The van der Waals surface area contributed by atoms with E-state index in [1.165, 1.54) is 10.7 Å². The molecule has 1 saturated heterocycles. The summed E-state index contributed by atoms with van der Waals surface area (Å²) in [7, 11) is 1.60. The summed E-state index contributed by atoms with van der Waals surface area (Å²) in [5.74, 6) is 0.466. The van der Waals surface area contributed by atoms with Crippen molar-refractivity contribution in [1.29, 1.82) is 0 Å². The number of hydrogen-bond donors (Lipinski definition) is 1. The third kappa shape index (κ3) is 4.22. The van der Waals surface area contributed by atoms with E-state index in [9.17, 15) is 9.59 Å². The van der Waals surface area contributed by atoms with Crippen LogP contribution < -0.4 is 15.6 Å². The molecule has 1 amide bonds. The first-order valence-electron chi connectivity index (χ1n) is 10.6. The molecule has 9 heteroatoms. The third-order valence-corrected chi connectivity index (χ3v) is 5.68. The van der Waals surface area contributed by atoms with Crippen molar-refractivity contribution in [2.24, 2.45) is 0 Å². The van der Waals surface area contributed by atoms with Crippen LogP contribution in [0.15, 0.2) is 70.0 Å². The molecule has 2 unspecified atom stereocenters. The first-order chi connectivity index (χ1) is 16.1. The van der Waals surface area contributed by atoms with Crippen molar-refractivity contribution in [3.63, 3.8) is 0 Å². The highest BCUT2D eigenvalue weighted by Gasteiger charge is 2.33. The number of carbonyl (C=O) groups is 1. The van der Waals surface area contributed by atoms with Crippen LogP contribution in [-0.4, -0.2) is 47.2 Å². The van der Waals surface area contributed by atoms with Gasteiger partial charge in [-0.2, -0.15) is 5.10 Å². The zero-order chi connectivity index (χ0) is 22.8. The van der Waals surface area contributed by atoms with Crippen LogP contribution in [0.25, 0.3) is 22.2 Å². The van der Waals surface area contributed by atoms with Gasteiger partial charge in [0.05, 0.1) is 38.5 Å². The highest BCUT2D eigenvalue weighted by atomic mass is 16.5. The second-order valence-electron chi connectivity index (χ2n) is 7.81. The van der Waals surface area contributed by atoms with E-state index in [1.807, 2.05) is 42.5 Å². The van der Waals surface area contributed by atoms with Gasteiger partial charge >= 0.3 is 0 Å². The van der Waals surface area contributed by atoms with Gasteiger partial charge in [-0.15, -0.1) is 0 Å². The Kier molecular flexibility index (Phi) is 5.62. The minimum Gasteiger partial charge on any atom is -0.497 e. The lowest BCUT2D eigenvalue weighted by atomic mass is 10.1. The maximum absolute atomic E-state index is 12.8. The van der Waals surface area contributed by atoms with Gasteiger partial charge in [-0.05, 0) is 30.3 Å². The summed E-state index contributed by atoms with van der Waals surface area (Å²) >= 11 is 0. The van der Waals surface area contributed by atoms with Crippen LogP contribution >= 0.6 is 0 Å². The van der Waals surface area contributed by atoms with Crippen LogP contribution in [0.4, 0.5) is 0 Å². The second kappa shape index (κ2) is 8.87. The van der Waals surface area contributed by atoms with Gasteiger partial charge in [-0.25, -0.2) is 4.68 Å². The van der Waals surface area contributed by atoms with Gasteiger partial charge < -0.3 is 19.3 Å². The van der Waals surface area contributed by atoms with Crippen molar-refractivity contribution >= 4 is 16.9 Å². The smallest absolute Gasteiger partial charge is 0.267 e. The number of nitrogens with one attached hydrogen (secondary N) is 1. The molecule has 0 radical (unpaired) electrons. The van der Waals surface area contributed by atoms with Crippen LogP contribution in [0, 0.1) is 0 Å². The Morgan fingerprint density at radius 2 is 2.03 bits per heavy atom. The molecule has 5 rings (SSSR count). The van der Waals surface area contributed by atoms with Crippen LogP contribution in [-0.2, 0) is 16.0 Å². The van der Waals surface area contributed by atoms with E-state index >= 15 is 0 Å². The van der Waals surface area contributed by atoms with Gasteiger partial charge in [-0.3, -0.25) is 9.59 Å². The van der Waals surface area contributed by atoms with Crippen molar-refractivity contribution in [3.05, 3.63) is 76.7 Å². The number of hydrogen-bond acceptors (Lipinski definition) is 7. The molecule has 33 heavy (non-hydrogen) atoms. The van der Waals surface area contributed by atoms with Crippen molar-refractivity contribution in [1.82, 2.24) is 20.3 Å². The summed E-state index contributed by atoms with van der Waals surface area (Å²) in [5.41, 5.74) is 2.38. The summed E-state index contributed by atoms with van der Waals surface area (Å²) < 4.78 is 17.5. The normalized spacial score (nSPS) is 17.8. The summed E-state index contributed by atoms with van der Waals surface area (Å²) in [5, 5.41) is 12.4. The van der Waals surface area contributed by atoms with Crippen LogP contribution in [0.3, 0.4) is 0 Å². The Balaban J connectivity index is 1.36. The number of nitrogens with zero attached hydrogens (tertiary/aromatic N) is 3. The van der Waals surface area contributed by atoms with E-state index in [-0.39, 0.29) is 31.1 Å². The highest BCUT2D eigenvalue weighted by molar-refractivity contribution is 5.86. The quantitative estimate of drug-likeness (QED) is 0.484. The molecule has 1 N–H and O–H groups in total. The highest BCUT2D eigenvalue weighted by Crippen LogP contribution is 2.24. The summed E-state index contributed by atoms with van der Waals surface area (Å²) in [6, 6.07) is 17.2. The SMILES string of the molecule is COc1cccc(-c2ccc(=O)n(C3COCC3NC(=O)Cc3noc4ccccc34)n2)c1. The van der Waals surface area contributed by atoms with E-state index in [1.54, 1.807) is 19.2 Å². The fourth-order valence-electron chi connectivity index (χ4n) is 4.00. The Labute approximate surface area is 188 Å². The van der Waals surface area contributed by atoms with E-state index in [0.29, 0.717) is 22.7 Å². The molecule has 1 aliphatic rings. The van der Waals surface area contributed by atoms with Gasteiger partial charge in [0.1, 0.15) is 17.5 Å². The molecule has 2 atom stereocenters. The fourth-order valence-corrected chi connectivity index (χ4v) is 4.00. The van der Waals surface area contributed by atoms with Crippen LogP contribution in [0.5, 0.6) is 5.75 Å². The standard InChI is InChI=1S/C24H22N4O5/c1-31-16-6-4-5-15(11-16)18-9-10-24(30)28(26-18)21-14-32-13-20(21)25-23(29)12-19-17-7-2-3-8-22(17)33-27-19/h2-11,20-21H,12-14H2,1H3,(H,25,29). The van der Waals surface area contributed by atoms with Crippen molar-refractivity contribution < 1.29 is 18.8 Å². The number of amides is 1. The van der Waals surface area contributed by atoms with E-state index in [4.69, 9.17) is 14.0 Å². The second-order valence-corrected chi connectivity index (χ2v) is 7.81. The van der Waals surface area contributed by atoms with E-state index in [0.717, 1.165) is 10.9 Å². The zero-order valence-corrected chi connectivity index (χ0v) is 17.9. The van der Waals surface area contributed by atoms with Crippen LogP contribution in [0.1, 0.15) is 11.7 Å². The molecule has 2 aromatic carbocycles. The maximum atomic E-state index is 12.8. The molecule has 9 nitrogen and oxygen atoms in total. The number of fused-ring (bicyclic) bond motifs is 1. The fraction of sp³-hybridized carbons (Fsp3) is 0.250. The number of aromatic nitrogens is 3. The number of methoxy groups -OCH3 is 1. The molecular weight excluding hydrogens is 424 g/mol. The Morgan fingerprint density at radius 3 is 2.91 bits per heavy atom. The predicted octanol–water partition coefficient (Wildman–Crippen LogP) is 2.36. The van der Waals surface area contributed by atoms with Gasteiger partial charge in [0.25, 0.3) is 5.56 Å². The zero-order valence-electron chi connectivity index (χ0n) is 17.9. The molecule has 1 aliphatic heterocycles. The first kappa shape index (κ1) is 20.9. The molecule has 0 spiro atoms. The molecule has 168 valence electrons. The summed E-state index contributed by atoms with van der Waals surface area (Å²) in [6.45, 7) is 0.555. The number of rotatable bonds is 6. The van der Waals surface area contributed by atoms with Gasteiger partial charge in [-0.1, -0.05) is 29.4 Å². The summed E-state index contributed by atoms with van der Waals surface area (Å²) in [4.78, 5) is 25.4. The molecule has 0 bridgehead atoms. The Morgan fingerprint density at radius 1 is 1.15 bits per heavy atom. The number of ether oxygens (including phenoxy) is 2. The van der Waals surface area contributed by atoms with Gasteiger partial charge in [0, 0.05) is 17.0 Å². The molecule has 0 saturated carbocycles. The number of carbonyl (C=O) groups excluding carboxylic acids is 1. The monoisotopic (exact) mass is 446 g/mol. The Bertz CT molecular complexity index is 1360. The third-order valence-electron chi connectivity index (χ3n) is 5.68. The lowest BCUT2D eigenvalue weighted by Crippen LogP contribution is -2.44. The van der Waals surface area contributed by atoms with Crippen LogP contribution in [0.2, 0.25) is 0 Å². The largest absolute Gasteiger partial charge is 0.497 e. The molecule has 0 aliphatic carbocycles. The number of benzene rings is 2.